The second kappa shape index (κ2) is 6.40. The van der Waals surface area contributed by atoms with Crippen molar-refractivity contribution in [3.05, 3.63) is 35.4 Å². The lowest BCUT2D eigenvalue weighted by Gasteiger charge is -2.11. The van der Waals surface area contributed by atoms with Crippen LogP contribution in [-0.2, 0) is 11.2 Å². The van der Waals surface area contributed by atoms with Crippen LogP contribution in [0.4, 0.5) is 0 Å². The lowest BCUT2D eigenvalue weighted by Crippen LogP contribution is -2.34. The molecule has 1 amide bonds. The second-order valence-electron chi connectivity index (χ2n) is 4.00. The summed E-state index contributed by atoms with van der Waals surface area (Å²) in [5.41, 5.74) is 1.29. The van der Waals surface area contributed by atoms with E-state index in [2.05, 4.69) is 5.32 Å². The molecular formula is C13H14N2O3. The molecule has 1 atom stereocenters. The first-order valence-corrected chi connectivity index (χ1v) is 5.51. The summed E-state index contributed by atoms with van der Waals surface area (Å²) in [6, 6.07) is 8.26. The molecule has 0 saturated carbocycles. The predicted octanol–water partition coefficient (Wildman–Crippen LogP) is 1.35. The van der Waals surface area contributed by atoms with Crippen LogP contribution in [0, 0.1) is 11.3 Å². The van der Waals surface area contributed by atoms with Crippen molar-refractivity contribution in [3.63, 3.8) is 0 Å². The average molecular weight is 246 g/mol. The number of carboxylic acids is 1. The molecule has 0 saturated heterocycles. The van der Waals surface area contributed by atoms with Crippen molar-refractivity contribution in [3.8, 4) is 6.07 Å². The van der Waals surface area contributed by atoms with Gasteiger partial charge in [0.15, 0.2) is 0 Å². The van der Waals surface area contributed by atoms with Gasteiger partial charge in [-0.15, -0.1) is 0 Å². The average Bonchev–Trinajstić information content (AvgIpc) is 2.29. The van der Waals surface area contributed by atoms with E-state index in [4.69, 9.17) is 10.4 Å². The van der Waals surface area contributed by atoms with E-state index in [0.29, 0.717) is 12.0 Å². The number of carbonyl (C=O) groups excluding carboxylic acids is 1. The van der Waals surface area contributed by atoms with E-state index in [0.717, 1.165) is 5.56 Å². The normalized spacial score (nSPS) is 11.3. The molecule has 1 unspecified atom stereocenters. The summed E-state index contributed by atoms with van der Waals surface area (Å²) < 4.78 is 0. The first kappa shape index (κ1) is 13.7. The zero-order chi connectivity index (χ0) is 13.5. The summed E-state index contributed by atoms with van der Waals surface area (Å²) >= 11 is 0. The maximum atomic E-state index is 11.7. The lowest BCUT2D eigenvalue weighted by molar-refractivity contribution is -0.137. The molecule has 0 fully saturated rings. The van der Waals surface area contributed by atoms with Crippen LogP contribution in [0.5, 0.6) is 0 Å². The molecule has 0 radical (unpaired) electrons. The number of carbonyl (C=O) groups is 2. The van der Waals surface area contributed by atoms with E-state index >= 15 is 0 Å². The van der Waals surface area contributed by atoms with Crippen LogP contribution in [0.25, 0.3) is 0 Å². The molecule has 0 heterocycles. The molecule has 0 aromatic heterocycles. The smallest absolute Gasteiger partial charge is 0.305 e. The number of nitriles is 1. The monoisotopic (exact) mass is 246 g/mol. The Morgan fingerprint density at radius 3 is 2.50 bits per heavy atom. The van der Waals surface area contributed by atoms with Crippen molar-refractivity contribution in [2.45, 2.75) is 25.8 Å². The summed E-state index contributed by atoms with van der Waals surface area (Å²) in [6.07, 6.45) is 0.190. The molecule has 0 aliphatic heterocycles. The topological polar surface area (TPSA) is 90.2 Å². The number of benzene rings is 1. The van der Waals surface area contributed by atoms with E-state index in [1.54, 1.807) is 31.2 Å². The molecular weight excluding hydrogens is 232 g/mol. The lowest BCUT2D eigenvalue weighted by atomic mass is 10.1. The molecule has 1 rings (SSSR count). The number of hydrogen-bond acceptors (Lipinski definition) is 3. The fourth-order valence-corrected chi connectivity index (χ4v) is 1.49. The maximum absolute atomic E-state index is 11.7. The van der Waals surface area contributed by atoms with E-state index in [-0.39, 0.29) is 12.3 Å². The Hall–Kier alpha value is -2.35. The Bertz CT molecular complexity index is 474. The highest BCUT2D eigenvalue weighted by Crippen LogP contribution is 2.05. The first-order chi connectivity index (χ1) is 8.52. The fraction of sp³-hybridized carbons (Fsp3) is 0.308. The third-order valence-electron chi connectivity index (χ3n) is 2.36. The third kappa shape index (κ3) is 4.26. The number of rotatable bonds is 5. The highest BCUT2D eigenvalue weighted by atomic mass is 16.4. The SMILES string of the molecule is CC(CC(=O)O)NC(=O)c1ccc(CC#N)cc1. The molecule has 1 aromatic carbocycles. The highest BCUT2D eigenvalue weighted by molar-refractivity contribution is 5.94. The Labute approximate surface area is 105 Å². The number of hydrogen-bond donors (Lipinski definition) is 2. The molecule has 1 aromatic rings. The van der Waals surface area contributed by atoms with Crippen LogP contribution in [0.2, 0.25) is 0 Å². The van der Waals surface area contributed by atoms with Crippen LogP contribution in [-0.4, -0.2) is 23.0 Å². The summed E-state index contributed by atoms with van der Waals surface area (Å²) in [4.78, 5) is 22.2. The van der Waals surface area contributed by atoms with Crippen molar-refractivity contribution in [2.24, 2.45) is 0 Å². The van der Waals surface area contributed by atoms with Crippen LogP contribution in [0.15, 0.2) is 24.3 Å². The molecule has 94 valence electrons. The molecule has 5 heteroatoms. The van der Waals surface area contributed by atoms with Crippen molar-refractivity contribution >= 4 is 11.9 Å². The van der Waals surface area contributed by atoms with Crippen molar-refractivity contribution in [1.29, 1.82) is 5.26 Å². The van der Waals surface area contributed by atoms with Gasteiger partial charge >= 0.3 is 5.97 Å². The van der Waals surface area contributed by atoms with Gasteiger partial charge in [-0.1, -0.05) is 12.1 Å². The minimum atomic E-state index is -0.952. The second-order valence-corrected chi connectivity index (χ2v) is 4.00. The zero-order valence-corrected chi connectivity index (χ0v) is 10.0. The molecule has 0 spiro atoms. The van der Waals surface area contributed by atoms with E-state index < -0.39 is 12.0 Å². The number of amides is 1. The maximum Gasteiger partial charge on any atom is 0.305 e. The fourth-order valence-electron chi connectivity index (χ4n) is 1.49. The van der Waals surface area contributed by atoms with Gasteiger partial charge in [-0.2, -0.15) is 5.26 Å². The Balaban J connectivity index is 2.62. The highest BCUT2D eigenvalue weighted by Gasteiger charge is 2.12. The van der Waals surface area contributed by atoms with Crippen molar-refractivity contribution in [2.75, 3.05) is 0 Å². The number of aliphatic carboxylic acids is 1. The van der Waals surface area contributed by atoms with Crippen LogP contribution in [0.3, 0.4) is 0 Å². The number of carboxylic acid groups (broad SMARTS) is 1. The van der Waals surface area contributed by atoms with E-state index in [9.17, 15) is 9.59 Å². The minimum Gasteiger partial charge on any atom is -0.481 e. The molecule has 0 aliphatic rings. The summed E-state index contributed by atoms with van der Waals surface area (Å²) in [5.74, 6) is -1.26. The van der Waals surface area contributed by atoms with Gasteiger partial charge in [0.1, 0.15) is 0 Å². The molecule has 5 nitrogen and oxygen atoms in total. The third-order valence-corrected chi connectivity index (χ3v) is 2.36. The number of nitrogens with zero attached hydrogens (tertiary/aromatic N) is 1. The van der Waals surface area contributed by atoms with Crippen LogP contribution < -0.4 is 5.32 Å². The van der Waals surface area contributed by atoms with Gasteiger partial charge in [0, 0.05) is 11.6 Å². The van der Waals surface area contributed by atoms with Crippen molar-refractivity contribution in [1.82, 2.24) is 5.32 Å². The summed E-state index contributed by atoms with van der Waals surface area (Å²) in [5, 5.41) is 19.7. The number of nitrogens with one attached hydrogen (secondary N) is 1. The van der Waals surface area contributed by atoms with Gasteiger partial charge in [-0.25, -0.2) is 0 Å². The molecule has 0 bridgehead atoms. The largest absolute Gasteiger partial charge is 0.481 e. The quantitative estimate of drug-likeness (QED) is 0.820. The van der Waals surface area contributed by atoms with Crippen LogP contribution >= 0.6 is 0 Å². The minimum absolute atomic E-state index is 0.113. The van der Waals surface area contributed by atoms with Crippen LogP contribution in [0.1, 0.15) is 29.3 Å². The molecule has 2 N–H and O–H groups in total. The van der Waals surface area contributed by atoms with Gasteiger partial charge in [0.05, 0.1) is 18.9 Å². The zero-order valence-electron chi connectivity index (χ0n) is 10.0. The van der Waals surface area contributed by atoms with E-state index in [1.165, 1.54) is 0 Å². The summed E-state index contributed by atoms with van der Waals surface area (Å²) in [6.45, 7) is 1.63. The van der Waals surface area contributed by atoms with Gasteiger partial charge in [-0.3, -0.25) is 9.59 Å². The van der Waals surface area contributed by atoms with E-state index in [1.807, 2.05) is 6.07 Å². The molecule has 18 heavy (non-hydrogen) atoms. The Morgan fingerprint density at radius 1 is 1.39 bits per heavy atom. The van der Waals surface area contributed by atoms with Gasteiger partial charge in [0.25, 0.3) is 5.91 Å². The standard InChI is InChI=1S/C13H14N2O3/c1-9(8-12(16)17)15-13(18)11-4-2-10(3-5-11)6-7-14/h2-5,9H,6,8H2,1H3,(H,15,18)(H,16,17). The Morgan fingerprint density at radius 2 is 2.00 bits per heavy atom. The summed E-state index contributed by atoms with van der Waals surface area (Å²) in [7, 11) is 0. The van der Waals surface area contributed by atoms with Gasteiger partial charge in [-0.05, 0) is 24.6 Å². The predicted molar refractivity (Wildman–Crippen MR) is 64.9 cm³/mol. The van der Waals surface area contributed by atoms with Crippen molar-refractivity contribution < 1.29 is 14.7 Å². The van der Waals surface area contributed by atoms with Gasteiger partial charge in [0.2, 0.25) is 0 Å². The molecule has 0 aliphatic carbocycles. The van der Waals surface area contributed by atoms with Gasteiger partial charge < -0.3 is 10.4 Å². The Kier molecular flexibility index (Phi) is 4.88. The first-order valence-electron chi connectivity index (χ1n) is 5.51.